The maximum absolute atomic E-state index is 12.4. The molecule has 0 atom stereocenters. The summed E-state index contributed by atoms with van der Waals surface area (Å²) in [5.74, 6) is -0.200. The minimum atomic E-state index is -0.283. The molecule has 25 heavy (non-hydrogen) atoms. The summed E-state index contributed by atoms with van der Waals surface area (Å²) in [6.45, 7) is -0.0713. The molecule has 1 heterocycles. The van der Waals surface area contributed by atoms with E-state index in [-0.39, 0.29) is 18.0 Å². The van der Waals surface area contributed by atoms with Crippen molar-refractivity contribution in [2.24, 2.45) is 0 Å². The normalized spacial score (nSPS) is 10.5. The number of para-hydroxylation sites is 1. The van der Waals surface area contributed by atoms with E-state index in [1.54, 1.807) is 31.3 Å². The van der Waals surface area contributed by atoms with Crippen molar-refractivity contribution in [3.63, 3.8) is 0 Å². The van der Waals surface area contributed by atoms with Crippen molar-refractivity contribution in [1.29, 1.82) is 0 Å². The van der Waals surface area contributed by atoms with Crippen LogP contribution in [0.4, 0.5) is 5.69 Å². The predicted molar refractivity (Wildman–Crippen MR) is 98.8 cm³/mol. The molecule has 0 fully saturated rings. The highest BCUT2D eigenvalue weighted by atomic mass is 35.5. The van der Waals surface area contributed by atoms with E-state index in [4.69, 9.17) is 11.6 Å². The maximum Gasteiger partial charge on any atom is 0.254 e. The van der Waals surface area contributed by atoms with Gasteiger partial charge in [0.05, 0.1) is 12.0 Å². The van der Waals surface area contributed by atoms with E-state index in [2.05, 4.69) is 4.98 Å². The maximum atomic E-state index is 12.4. The zero-order valence-electron chi connectivity index (χ0n) is 13.6. The van der Waals surface area contributed by atoms with Gasteiger partial charge in [-0.15, -0.1) is 0 Å². The molecule has 126 valence electrons. The minimum Gasteiger partial charge on any atom is -0.314 e. The minimum absolute atomic E-state index is 0.0713. The van der Waals surface area contributed by atoms with Gasteiger partial charge in [0.2, 0.25) is 5.91 Å². The quantitative estimate of drug-likeness (QED) is 0.723. The highest BCUT2D eigenvalue weighted by Crippen LogP contribution is 2.18. The average molecular weight is 354 g/mol. The topological polar surface area (TPSA) is 55.2 Å². The van der Waals surface area contributed by atoms with Crippen LogP contribution in [-0.2, 0) is 11.3 Å². The fourth-order valence-corrected chi connectivity index (χ4v) is 2.50. The highest BCUT2D eigenvalue weighted by Gasteiger charge is 2.12. The summed E-state index contributed by atoms with van der Waals surface area (Å²) in [5.41, 5.74) is 1.82. The molecule has 0 aliphatic heterocycles. The molecule has 5 nitrogen and oxygen atoms in total. The van der Waals surface area contributed by atoms with Gasteiger partial charge in [-0.1, -0.05) is 41.9 Å². The molecular weight excluding hydrogens is 338 g/mol. The van der Waals surface area contributed by atoms with Crippen LogP contribution in [0.25, 0.3) is 11.3 Å². The van der Waals surface area contributed by atoms with Gasteiger partial charge in [-0.2, -0.15) is 0 Å². The van der Waals surface area contributed by atoms with Gasteiger partial charge in [-0.25, -0.2) is 4.98 Å². The number of likely N-dealkylation sites (N-methyl/N-ethyl adjacent to an activating group) is 1. The molecule has 1 aromatic heterocycles. The van der Waals surface area contributed by atoms with E-state index in [1.165, 1.54) is 21.9 Å². The van der Waals surface area contributed by atoms with Gasteiger partial charge in [0.25, 0.3) is 5.56 Å². The third-order valence-electron chi connectivity index (χ3n) is 3.84. The second-order valence-corrected chi connectivity index (χ2v) is 5.97. The molecule has 0 aliphatic carbocycles. The van der Waals surface area contributed by atoms with Crippen LogP contribution in [0.15, 0.2) is 71.8 Å². The molecule has 0 radical (unpaired) electrons. The standard InChI is InChI=1S/C19H16ClN3O2/c1-22(16-5-3-2-4-6-16)19(25)12-23-13-21-17(11-18(23)24)14-7-9-15(20)10-8-14/h2-11,13H,12H2,1H3. The van der Waals surface area contributed by atoms with Gasteiger partial charge in [0.15, 0.2) is 0 Å². The van der Waals surface area contributed by atoms with E-state index < -0.39 is 0 Å². The van der Waals surface area contributed by atoms with E-state index in [0.29, 0.717) is 10.7 Å². The highest BCUT2D eigenvalue weighted by molar-refractivity contribution is 6.30. The third kappa shape index (κ3) is 3.95. The van der Waals surface area contributed by atoms with Crippen LogP contribution in [0.1, 0.15) is 0 Å². The lowest BCUT2D eigenvalue weighted by Gasteiger charge is -2.17. The molecule has 1 amide bonds. The van der Waals surface area contributed by atoms with Crippen LogP contribution in [0.5, 0.6) is 0 Å². The Morgan fingerprint density at radius 3 is 2.44 bits per heavy atom. The van der Waals surface area contributed by atoms with Gasteiger partial charge in [0, 0.05) is 29.4 Å². The number of carbonyl (C=O) groups is 1. The van der Waals surface area contributed by atoms with Crippen molar-refractivity contribution in [1.82, 2.24) is 9.55 Å². The van der Waals surface area contributed by atoms with Gasteiger partial charge in [-0.05, 0) is 24.3 Å². The molecule has 0 unspecified atom stereocenters. The van der Waals surface area contributed by atoms with Crippen LogP contribution in [0.2, 0.25) is 5.02 Å². The molecule has 3 aromatic rings. The van der Waals surface area contributed by atoms with Gasteiger partial charge in [-0.3, -0.25) is 14.2 Å². The van der Waals surface area contributed by atoms with Crippen molar-refractivity contribution in [2.45, 2.75) is 6.54 Å². The second-order valence-electron chi connectivity index (χ2n) is 5.54. The Bertz CT molecular complexity index is 937. The Labute approximate surface area is 150 Å². The fraction of sp³-hybridized carbons (Fsp3) is 0.105. The second kappa shape index (κ2) is 7.32. The zero-order chi connectivity index (χ0) is 17.8. The predicted octanol–water partition coefficient (Wildman–Crippen LogP) is 3.23. The Morgan fingerprint density at radius 1 is 1.12 bits per heavy atom. The number of aromatic nitrogens is 2. The smallest absolute Gasteiger partial charge is 0.254 e. The van der Waals surface area contributed by atoms with E-state index in [0.717, 1.165) is 11.3 Å². The number of rotatable bonds is 4. The van der Waals surface area contributed by atoms with Crippen LogP contribution in [0.3, 0.4) is 0 Å². The summed E-state index contributed by atoms with van der Waals surface area (Å²) in [7, 11) is 1.68. The average Bonchev–Trinajstić information content (AvgIpc) is 2.64. The first-order valence-electron chi connectivity index (χ1n) is 7.68. The first kappa shape index (κ1) is 16.9. The van der Waals surface area contributed by atoms with Gasteiger partial charge in [0.1, 0.15) is 6.54 Å². The zero-order valence-corrected chi connectivity index (χ0v) is 14.3. The lowest BCUT2D eigenvalue weighted by molar-refractivity contribution is -0.118. The number of halogens is 1. The number of hydrogen-bond acceptors (Lipinski definition) is 3. The molecule has 6 heteroatoms. The summed E-state index contributed by atoms with van der Waals surface area (Å²) >= 11 is 5.86. The summed E-state index contributed by atoms with van der Waals surface area (Å²) < 4.78 is 1.29. The third-order valence-corrected chi connectivity index (χ3v) is 4.09. The van der Waals surface area contributed by atoms with Crippen molar-refractivity contribution in [3.05, 3.63) is 82.4 Å². The summed E-state index contributed by atoms with van der Waals surface area (Å²) in [4.78, 5) is 30.5. The molecule has 0 saturated carbocycles. The molecule has 0 bridgehead atoms. The SMILES string of the molecule is CN(C(=O)Cn1cnc(-c2ccc(Cl)cc2)cc1=O)c1ccccc1. The van der Waals surface area contributed by atoms with Crippen molar-refractivity contribution in [3.8, 4) is 11.3 Å². The number of nitrogens with zero attached hydrogens (tertiary/aromatic N) is 3. The number of amides is 1. The number of carbonyl (C=O) groups excluding carboxylic acids is 1. The molecular formula is C19H16ClN3O2. The first-order valence-corrected chi connectivity index (χ1v) is 8.06. The van der Waals surface area contributed by atoms with Crippen LogP contribution in [-0.4, -0.2) is 22.5 Å². The van der Waals surface area contributed by atoms with Gasteiger partial charge < -0.3 is 4.90 Å². The number of hydrogen-bond donors (Lipinski definition) is 0. The Hall–Kier alpha value is -2.92. The summed E-state index contributed by atoms with van der Waals surface area (Å²) in [5, 5.41) is 0.617. The number of anilines is 1. The molecule has 0 N–H and O–H groups in total. The monoisotopic (exact) mass is 353 g/mol. The first-order chi connectivity index (χ1) is 12.0. The Kier molecular flexibility index (Phi) is 4.95. The molecule has 3 rings (SSSR count). The lowest BCUT2D eigenvalue weighted by Crippen LogP contribution is -2.33. The van der Waals surface area contributed by atoms with E-state index in [1.807, 2.05) is 30.3 Å². The van der Waals surface area contributed by atoms with Crippen LogP contribution < -0.4 is 10.5 Å². The van der Waals surface area contributed by atoms with Crippen molar-refractivity contribution in [2.75, 3.05) is 11.9 Å². The Balaban J connectivity index is 1.78. The molecule has 2 aromatic carbocycles. The van der Waals surface area contributed by atoms with E-state index >= 15 is 0 Å². The fourth-order valence-electron chi connectivity index (χ4n) is 2.37. The van der Waals surface area contributed by atoms with Crippen LogP contribution >= 0.6 is 11.6 Å². The molecule has 0 aliphatic rings. The lowest BCUT2D eigenvalue weighted by atomic mass is 10.1. The van der Waals surface area contributed by atoms with Crippen LogP contribution in [0, 0.1) is 0 Å². The largest absolute Gasteiger partial charge is 0.314 e. The number of benzene rings is 2. The summed E-state index contributed by atoms with van der Waals surface area (Å²) in [6, 6.07) is 17.7. The molecule has 0 saturated heterocycles. The Morgan fingerprint density at radius 2 is 1.80 bits per heavy atom. The molecule has 0 spiro atoms. The van der Waals surface area contributed by atoms with Gasteiger partial charge >= 0.3 is 0 Å². The van der Waals surface area contributed by atoms with E-state index in [9.17, 15) is 9.59 Å². The van der Waals surface area contributed by atoms with Crippen molar-refractivity contribution >= 4 is 23.2 Å². The van der Waals surface area contributed by atoms with Crippen molar-refractivity contribution < 1.29 is 4.79 Å². The summed E-state index contributed by atoms with van der Waals surface area (Å²) in [6.07, 6.45) is 1.39.